The highest BCUT2D eigenvalue weighted by Gasteiger charge is 2.26. The molecule has 0 radical (unpaired) electrons. The highest BCUT2D eigenvalue weighted by atomic mass is 35.5. The van der Waals surface area contributed by atoms with Gasteiger partial charge in [-0.05, 0) is 25.8 Å². The number of rotatable bonds is 2. The molecule has 0 unspecified atom stereocenters. The van der Waals surface area contributed by atoms with Crippen LogP contribution in [0.3, 0.4) is 0 Å². The van der Waals surface area contributed by atoms with Crippen molar-refractivity contribution in [1.29, 1.82) is 0 Å². The van der Waals surface area contributed by atoms with Crippen molar-refractivity contribution in [2.45, 2.75) is 25.7 Å². The monoisotopic (exact) mass is 234 g/mol. The van der Waals surface area contributed by atoms with Crippen molar-refractivity contribution < 1.29 is 0 Å². The smallest absolute Gasteiger partial charge is 0.158 e. The molecule has 0 amide bonds. The highest BCUT2D eigenvalue weighted by Crippen LogP contribution is 2.38. The van der Waals surface area contributed by atoms with Crippen LogP contribution in [0, 0.1) is 6.92 Å². The van der Waals surface area contributed by atoms with Gasteiger partial charge in [-0.2, -0.15) is 5.10 Å². The minimum Gasteiger partial charge on any atom is -0.222 e. The van der Waals surface area contributed by atoms with Gasteiger partial charge in [-0.15, -0.1) is 0 Å². The lowest BCUT2D eigenvalue weighted by Crippen LogP contribution is -2.01. The molecular weight excluding hydrogens is 224 g/mol. The Morgan fingerprint density at radius 3 is 2.88 bits per heavy atom. The van der Waals surface area contributed by atoms with E-state index in [2.05, 4.69) is 15.1 Å². The fourth-order valence-electron chi connectivity index (χ4n) is 1.70. The van der Waals surface area contributed by atoms with Crippen molar-refractivity contribution in [3.63, 3.8) is 0 Å². The Bertz CT molecular complexity index is 510. The summed E-state index contributed by atoms with van der Waals surface area (Å²) in [6.45, 7) is 1.82. The van der Waals surface area contributed by atoms with Gasteiger partial charge in [-0.1, -0.05) is 11.6 Å². The lowest BCUT2D eigenvalue weighted by Gasteiger charge is -2.01. The van der Waals surface area contributed by atoms with Crippen LogP contribution in [0.15, 0.2) is 18.3 Å². The summed E-state index contributed by atoms with van der Waals surface area (Å²) < 4.78 is 1.76. The number of aryl methyl sites for hydroxylation is 1. The van der Waals surface area contributed by atoms with Crippen molar-refractivity contribution in [1.82, 2.24) is 19.7 Å². The average Bonchev–Trinajstić information content (AvgIpc) is 2.95. The van der Waals surface area contributed by atoms with E-state index in [-0.39, 0.29) is 0 Å². The third-order valence-corrected chi connectivity index (χ3v) is 2.83. The van der Waals surface area contributed by atoms with Crippen LogP contribution in [0.4, 0.5) is 0 Å². The first-order valence-corrected chi connectivity index (χ1v) is 5.67. The van der Waals surface area contributed by atoms with Gasteiger partial charge < -0.3 is 0 Å². The number of nitrogens with zero attached hydrogens (tertiary/aromatic N) is 4. The SMILES string of the molecule is Cc1nc(Cl)cc(-n2ccc(C3CC3)n2)n1. The predicted molar refractivity (Wildman–Crippen MR) is 60.9 cm³/mol. The molecule has 2 aromatic rings. The molecule has 0 spiro atoms. The fourth-order valence-corrected chi connectivity index (χ4v) is 1.92. The van der Waals surface area contributed by atoms with Crippen LogP contribution in [-0.4, -0.2) is 19.7 Å². The van der Waals surface area contributed by atoms with E-state index in [0.29, 0.717) is 16.9 Å². The van der Waals surface area contributed by atoms with Crippen LogP contribution in [0.25, 0.3) is 5.82 Å². The molecule has 2 heterocycles. The lowest BCUT2D eigenvalue weighted by molar-refractivity contribution is 0.800. The molecule has 1 saturated carbocycles. The molecule has 16 heavy (non-hydrogen) atoms. The molecule has 0 atom stereocenters. The molecule has 0 N–H and O–H groups in total. The number of aromatic nitrogens is 4. The van der Waals surface area contributed by atoms with Gasteiger partial charge in [0.05, 0.1) is 5.69 Å². The zero-order chi connectivity index (χ0) is 11.1. The van der Waals surface area contributed by atoms with Crippen molar-refractivity contribution in [2.24, 2.45) is 0 Å². The quantitative estimate of drug-likeness (QED) is 0.750. The van der Waals surface area contributed by atoms with Crippen molar-refractivity contribution >= 4 is 11.6 Å². The third-order valence-electron chi connectivity index (χ3n) is 2.63. The molecule has 0 bridgehead atoms. The fraction of sp³-hybridized carbons (Fsp3) is 0.364. The second-order valence-electron chi connectivity index (χ2n) is 4.06. The predicted octanol–water partition coefficient (Wildman–Crippen LogP) is 2.50. The van der Waals surface area contributed by atoms with Gasteiger partial charge in [0.15, 0.2) is 5.82 Å². The standard InChI is InChI=1S/C11H11ClN4/c1-7-13-10(12)6-11(14-7)16-5-4-9(15-16)8-2-3-8/h4-6,8H,2-3H2,1H3. The molecule has 0 aliphatic heterocycles. The number of halogens is 1. The van der Waals surface area contributed by atoms with Gasteiger partial charge in [0, 0.05) is 18.2 Å². The first-order valence-electron chi connectivity index (χ1n) is 5.29. The number of hydrogen-bond donors (Lipinski definition) is 0. The Morgan fingerprint density at radius 1 is 1.38 bits per heavy atom. The van der Waals surface area contributed by atoms with E-state index < -0.39 is 0 Å². The van der Waals surface area contributed by atoms with Gasteiger partial charge in [-0.25, -0.2) is 14.6 Å². The zero-order valence-corrected chi connectivity index (χ0v) is 9.65. The van der Waals surface area contributed by atoms with Crippen molar-refractivity contribution in [3.8, 4) is 5.82 Å². The molecule has 3 rings (SSSR count). The normalized spacial score (nSPS) is 15.4. The summed E-state index contributed by atoms with van der Waals surface area (Å²) in [6.07, 6.45) is 4.42. The zero-order valence-electron chi connectivity index (χ0n) is 8.89. The summed E-state index contributed by atoms with van der Waals surface area (Å²) in [4.78, 5) is 8.33. The summed E-state index contributed by atoms with van der Waals surface area (Å²) in [5.74, 6) is 2.04. The minimum absolute atomic E-state index is 0.450. The molecule has 4 nitrogen and oxygen atoms in total. The van der Waals surface area contributed by atoms with E-state index in [1.54, 1.807) is 10.7 Å². The summed E-state index contributed by atoms with van der Waals surface area (Å²) in [7, 11) is 0. The van der Waals surface area contributed by atoms with Gasteiger partial charge in [0.2, 0.25) is 0 Å². The van der Waals surface area contributed by atoms with Gasteiger partial charge in [0.1, 0.15) is 11.0 Å². The van der Waals surface area contributed by atoms with Crippen LogP contribution in [0.5, 0.6) is 0 Å². The van der Waals surface area contributed by atoms with E-state index >= 15 is 0 Å². The van der Waals surface area contributed by atoms with Crippen LogP contribution in [0.2, 0.25) is 5.15 Å². The van der Waals surface area contributed by atoms with Crippen LogP contribution in [0.1, 0.15) is 30.3 Å². The molecular formula is C11H11ClN4. The molecule has 1 aliphatic rings. The van der Waals surface area contributed by atoms with Crippen molar-refractivity contribution in [2.75, 3.05) is 0 Å². The topological polar surface area (TPSA) is 43.6 Å². The first kappa shape index (κ1) is 9.78. The van der Waals surface area contributed by atoms with Crippen LogP contribution >= 0.6 is 11.6 Å². The van der Waals surface area contributed by atoms with Crippen LogP contribution < -0.4 is 0 Å². The molecule has 5 heteroatoms. The summed E-state index contributed by atoms with van der Waals surface area (Å²) >= 11 is 5.89. The molecule has 1 fully saturated rings. The second kappa shape index (κ2) is 3.56. The van der Waals surface area contributed by atoms with Gasteiger partial charge in [-0.3, -0.25) is 0 Å². The highest BCUT2D eigenvalue weighted by molar-refractivity contribution is 6.29. The second-order valence-corrected chi connectivity index (χ2v) is 4.44. The minimum atomic E-state index is 0.450. The van der Waals surface area contributed by atoms with Crippen molar-refractivity contribution in [3.05, 3.63) is 35.0 Å². The first-order chi connectivity index (χ1) is 7.72. The maximum absolute atomic E-state index is 5.89. The summed E-state index contributed by atoms with van der Waals surface area (Å²) in [5, 5.41) is 4.94. The molecule has 82 valence electrons. The summed E-state index contributed by atoms with van der Waals surface area (Å²) in [6, 6.07) is 3.77. The third kappa shape index (κ3) is 1.80. The Hall–Kier alpha value is -1.42. The summed E-state index contributed by atoms with van der Waals surface area (Å²) in [5.41, 5.74) is 1.15. The van der Waals surface area contributed by atoms with E-state index in [4.69, 9.17) is 11.6 Å². The van der Waals surface area contributed by atoms with E-state index in [1.165, 1.54) is 12.8 Å². The van der Waals surface area contributed by atoms with Gasteiger partial charge >= 0.3 is 0 Å². The Balaban J connectivity index is 2.00. The Kier molecular flexibility index (Phi) is 2.17. The Labute approximate surface area is 98.3 Å². The molecule has 2 aromatic heterocycles. The largest absolute Gasteiger partial charge is 0.222 e. The van der Waals surface area contributed by atoms with Crippen LogP contribution in [-0.2, 0) is 0 Å². The van der Waals surface area contributed by atoms with Gasteiger partial charge in [0.25, 0.3) is 0 Å². The Morgan fingerprint density at radius 2 is 2.19 bits per heavy atom. The maximum Gasteiger partial charge on any atom is 0.158 e. The maximum atomic E-state index is 5.89. The van der Waals surface area contributed by atoms with E-state index in [0.717, 1.165) is 11.5 Å². The molecule has 0 aromatic carbocycles. The van der Waals surface area contributed by atoms with E-state index in [9.17, 15) is 0 Å². The van der Waals surface area contributed by atoms with E-state index in [1.807, 2.05) is 19.2 Å². The number of hydrogen-bond acceptors (Lipinski definition) is 3. The average molecular weight is 235 g/mol. The molecule has 1 aliphatic carbocycles. The molecule has 0 saturated heterocycles. The lowest BCUT2D eigenvalue weighted by atomic mass is 10.3.